The van der Waals surface area contributed by atoms with E-state index < -0.39 is 0 Å². The van der Waals surface area contributed by atoms with Gasteiger partial charge in [0.05, 0.1) is 16.3 Å². The number of thiophene rings is 1. The van der Waals surface area contributed by atoms with Gasteiger partial charge in [0.1, 0.15) is 11.9 Å². The first-order chi connectivity index (χ1) is 15.9. The van der Waals surface area contributed by atoms with Crippen LogP contribution in [0.25, 0.3) is 21.3 Å². The van der Waals surface area contributed by atoms with Gasteiger partial charge in [-0.3, -0.25) is 19.5 Å². The van der Waals surface area contributed by atoms with Gasteiger partial charge >= 0.3 is 0 Å². The molecule has 2 aliphatic rings. The number of amides is 2. The summed E-state index contributed by atoms with van der Waals surface area (Å²) in [5, 5.41) is 4.06. The van der Waals surface area contributed by atoms with Crippen molar-refractivity contribution in [2.45, 2.75) is 51.7 Å². The SMILES string of the molecule is Cc1cc(Cl)cc(-c2ccnc3cc(C(C)N4C(=O)CCC4=O)sc23)c1O[C@H]1CCCNC1. The number of aryl methyl sites for hydroxylation is 1. The average molecular weight is 484 g/mol. The third-order valence-corrected chi connectivity index (χ3v) is 7.93. The molecule has 0 aliphatic carbocycles. The van der Waals surface area contributed by atoms with Crippen molar-refractivity contribution in [2.75, 3.05) is 13.1 Å². The number of pyridine rings is 1. The number of likely N-dealkylation sites (tertiary alicyclic amines) is 1. The molecule has 3 aromatic rings. The minimum atomic E-state index is -0.315. The highest BCUT2D eigenvalue weighted by atomic mass is 35.5. The van der Waals surface area contributed by atoms with Gasteiger partial charge in [0.2, 0.25) is 11.8 Å². The topological polar surface area (TPSA) is 71.5 Å². The molecule has 2 atom stereocenters. The zero-order valence-electron chi connectivity index (χ0n) is 18.7. The fourth-order valence-electron chi connectivity index (χ4n) is 4.70. The average Bonchev–Trinajstić information content (AvgIpc) is 3.38. The van der Waals surface area contributed by atoms with E-state index >= 15 is 0 Å². The summed E-state index contributed by atoms with van der Waals surface area (Å²) in [6.45, 7) is 5.77. The number of carbonyl (C=O) groups excluding carboxylic acids is 2. The molecule has 6 nitrogen and oxygen atoms in total. The summed E-state index contributed by atoms with van der Waals surface area (Å²) in [5.74, 6) is 0.620. The fraction of sp³-hybridized carbons (Fsp3) is 0.400. The van der Waals surface area contributed by atoms with Gasteiger partial charge < -0.3 is 10.1 Å². The lowest BCUT2D eigenvalue weighted by atomic mass is 10.0. The largest absolute Gasteiger partial charge is 0.488 e. The first kappa shape index (κ1) is 22.3. The molecular weight excluding hydrogens is 458 g/mol. The van der Waals surface area contributed by atoms with Crippen LogP contribution in [0, 0.1) is 6.92 Å². The number of fused-ring (bicyclic) bond motifs is 1. The van der Waals surface area contributed by atoms with Crippen molar-refractivity contribution < 1.29 is 14.3 Å². The number of rotatable bonds is 5. The first-order valence-corrected chi connectivity index (χ1v) is 12.5. The van der Waals surface area contributed by atoms with E-state index in [1.54, 1.807) is 17.5 Å². The molecule has 5 rings (SSSR count). The summed E-state index contributed by atoms with van der Waals surface area (Å²) in [6, 6.07) is 7.53. The third-order valence-electron chi connectivity index (χ3n) is 6.39. The van der Waals surface area contributed by atoms with Crippen LogP contribution in [0.2, 0.25) is 5.02 Å². The van der Waals surface area contributed by atoms with Crippen molar-refractivity contribution in [1.82, 2.24) is 15.2 Å². The minimum absolute atomic E-state index is 0.111. The number of nitrogens with zero attached hydrogens (tertiary/aromatic N) is 2. The van der Waals surface area contributed by atoms with Crippen molar-refractivity contribution >= 4 is 45.0 Å². The second kappa shape index (κ2) is 9.05. The van der Waals surface area contributed by atoms with Gasteiger partial charge in [-0.1, -0.05) is 11.6 Å². The van der Waals surface area contributed by atoms with E-state index in [2.05, 4.69) is 10.3 Å². The van der Waals surface area contributed by atoms with E-state index in [9.17, 15) is 9.59 Å². The summed E-state index contributed by atoms with van der Waals surface area (Å²) in [6.07, 6.45) is 4.57. The van der Waals surface area contributed by atoms with Crippen molar-refractivity contribution in [1.29, 1.82) is 0 Å². The summed E-state index contributed by atoms with van der Waals surface area (Å²) in [5.41, 5.74) is 3.76. The Morgan fingerprint density at radius 1 is 1.21 bits per heavy atom. The Morgan fingerprint density at radius 2 is 2.00 bits per heavy atom. The number of nitrogens with one attached hydrogen (secondary N) is 1. The lowest BCUT2D eigenvalue weighted by Gasteiger charge is -2.26. The maximum atomic E-state index is 12.3. The smallest absolute Gasteiger partial charge is 0.230 e. The summed E-state index contributed by atoms with van der Waals surface area (Å²) < 4.78 is 7.50. The van der Waals surface area contributed by atoms with E-state index in [0.717, 1.165) is 63.5 Å². The standard InChI is InChI=1S/C25H26ClN3O3S/c1-14-10-16(26)11-19(24(14)32-17-4-3-8-27-13-17)18-7-9-28-20-12-21(33-25(18)20)15(2)29-22(30)5-6-23(29)31/h7,9-12,15,17,27H,3-6,8,13H2,1-2H3/t15?,17-/m0/s1. The van der Waals surface area contributed by atoms with E-state index in [-0.39, 0.29) is 36.8 Å². The number of hydrogen-bond acceptors (Lipinski definition) is 6. The van der Waals surface area contributed by atoms with Crippen molar-refractivity contribution in [3.8, 4) is 16.9 Å². The lowest BCUT2D eigenvalue weighted by Crippen LogP contribution is -2.37. The Bertz CT molecular complexity index is 1220. The zero-order chi connectivity index (χ0) is 23.1. The Morgan fingerprint density at radius 3 is 2.73 bits per heavy atom. The second-order valence-electron chi connectivity index (χ2n) is 8.74. The van der Waals surface area contributed by atoms with Gasteiger partial charge in [-0.25, -0.2) is 0 Å². The van der Waals surface area contributed by atoms with Crippen molar-refractivity contribution in [3.63, 3.8) is 0 Å². The number of piperidine rings is 1. The van der Waals surface area contributed by atoms with Crippen LogP contribution in [-0.4, -0.2) is 40.9 Å². The molecular formula is C25H26ClN3O3S. The molecule has 2 aliphatic heterocycles. The fourth-order valence-corrected chi connectivity index (χ4v) is 6.16. The van der Waals surface area contributed by atoms with E-state index in [4.69, 9.17) is 16.3 Å². The Labute approximate surface area is 201 Å². The number of imide groups is 1. The van der Waals surface area contributed by atoms with Crippen molar-refractivity contribution in [2.24, 2.45) is 0 Å². The highest BCUT2D eigenvalue weighted by Gasteiger charge is 2.34. The van der Waals surface area contributed by atoms with Gasteiger partial charge in [0, 0.05) is 46.6 Å². The van der Waals surface area contributed by atoms with Crippen LogP contribution >= 0.6 is 22.9 Å². The molecule has 1 aromatic carbocycles. The lowest BCUT2D eigenvalue weighted by molar-refractivity contribution is -0.140. The van der Waals surface area contributed by atoms with E-state index in [1.807, 2.05) is 38.1 Å². The predicted molar refractivity (Wildman–Crippen MR) is 131 cm³/mol. The molecule has 0 bridgehead atoms. The number of aromatic nitrogens is 1. The van der Waals surface area contributed by atoms with Crippen LogP contribution in [0.4, 0.5) is 0 Å². The molecule has 1 unspecified atom stereocenters. The molecule has 172 valence electrons. The Balaban J connectivity index is 1.58. The molecule has 8 heteroatoms. The number of halogens is 1. The molecule has 2 amide bonds. The van der Waals surface area contributed by atoms with Gasteiger partial charge in [-0.05, 0) is 63.1 Å². The summed E-state index contributed by atoms with van der Waals surface area (Å²) in [7, 11) is 0. The van der Waals surface area contributed by atoms with E-state index in [1.165, 1.54) is 4.90 Å². The number of ether oxygens (including phenoxy) is 1. The van der Waals surface area contributed by atoms with Gasteiger partial charge in [0.15, 0.2) is 0 Å². The number of carbonyl (C=O) groups is 2. The maximum absolute atomic E-state index is 12.3. The molecule has 2 aromatic heterocycles. The first-order valence-electron chi connectivity index (χ1n) is 11.3. The molecule has 0 radical (unpaired) electrons. The highest BCUT2D eigenvalue weighted by Crippen LogP contribution is 2.43. The van der Waals surface area contributed by atoms with Crippen LogP contribution in [0.3, 0.4) is 0 Å². The molecule has 1 N–H and O–H groups in total. The summed E-state index contributed by atoms with van der Waals surface area (Å²) in [4.78, 5) is 31.4. The normalized spacial score (nSPS) is 20.0. The molecule has 4 heterocycles. The van der Waals surface area contributed by atoms with Crippen LogP contribution < -0.4 is 10.1 Å². The number of hydrogen-bond donors (Lipinski definition) is 1. The maximum Gasteiger partial charge on any atom is 0.230 e. The molecule has 0 saturated carbocycles. The highest BCUT2D eigenvalue weighted by molar-refractivity contribution is 7.19. The van der Waals surface area contributed by atoms with Crippen LogP contribution in [0.15, 0.2) is 30.5 Å². The van der Waals surface area contributed by atoms with Crippen LogP contribution in [0.1, 0.15) is 49.1 Å². The van der Waals surface area contributed by atoms with E-state index in [0.29, 0.717) is 5.02 Å². The quantitative estimate of drug-likeness (QED) is 0.501. The second-order valence-corrected chi connectivity index (χ2v) is 10.3. The van der Waals surface area contributed by atoms with Gasteiger partial charge in [-0.15, -0.1) is 11.3 Å². The van der Waals surface area contributed by atoms with Gasteiger partial charge in [0.25, 0.3) is 0 Å². The molecule has 33 heavy (non-hydrogen) atoms. The predicted octanol–water partition coefficient (Wildman–Crippen LogP) is 5.27. The summed E-state index contributed by atoms with van der Waals surface area (Å²) >= 11 is 8.04. The zero-order valence-corrected chi connectivity index (χ0v) is 20.3. The third kappa shape index (κ3) is 4.25. The van der Waals surface area contributed by atoms with Crippen molar-refractivity contribution in [3.05, 3.63) is 45.9 Å². The Kier molecular flexibility index (Phi) is 6.12. The number of benzene rings is 1. The molecule has 0 spiro atoms. The Hall–Kier alpha value is -2.48. The molecule has 2 fully saturated rings. The minimum Gasteiger partial charge on any atom is -0.488 e. The van der Waals surface area contributed by atoms with Gasteiger partial charge in [-0.2, -0.15) is 0 Å². The van der Waals surface area contributed by atoms with Crippen LogP contribution in [0.5, 0.6) is 5.75 Å². The monoisotopic (exact) mass is 483 g/mol. The van der Waals surface area contributed by atoms with Crippen LogP contribution in [-0.2, 0) is 9.59 Å². The molecule has 2 saturated heterocycles.